The summed E-state index contributed by atoms with van der Waals surface area (Å²) in [6.07, 6.45) is 3.26. The molecule has 1 aliphatic heterocycles. The zero-order chi connectivity index (χ0) is 27.4. The van der Waals surface area contributed by atoms with Crippen molar-refractivity contribution in [2.24, 2.45) is 0 Å². The second-order valence-corrected chi connectivity index (χ2v) is 9.86. The summed E-state index contributed by atoms with van der Waals surface area (Å²) in [6, 6.07) is 24.1. The van der Waals surface area contributed by atoms with Crippen molar-refractivity contribution in [1.82, 2.24) is 5.16 Å². The van der Waals surface area contributed by atoms with Gasteiger partial charge in [0, 0.05) is 23.7 Å². The fraction of sp³-hybridized carbons (Fsp3) is 0.250. The van der Waals surface area contributed by atoms with E-state index in [1.807, 2.05) is 55.5 Å². The monoisotopic (exact) mass is 524 g/mol. The van der Waals surface area contributed by atoms with Crippen molar-refractivity contribution in [3.05, 3.63) is 102 Å². The Hall–Kier alpha value is -4.52. The number of benzene rings is 3. The van der Waals surface area contributed by atoms with Crippen molar-refractivity contribution in [3.8, 4) is 22.5 Å². The van der Waals surface area contributed by atoms with Gasteiger partial charge in [-0.05, 0) is 61.6 Å². The van der Waals surface area contributed by atoms with Crippen LogP contribution in [0.1, 0.15) is 36.6 Å². The fourth-order valence-electron chi connectivity index (χ4n) is 5.02. The Bertz CT molecular complexity index is 1490. The van der Waals surface area contributed by atoms with Crippen LogP contribution in [0.5, 0.6) is 0 Å². The maximum absolute atomic E-state index is 11.4. The number of carbonyl (C=O) groups is 1. The van der Waals surface area contributed by atoms with Gasteiger partial charge in [-0.15, -0.1) is 0 Å². The van der Waals surface area contributed by atoms with Crippen molar-refractivity contribution >= 4 is 17.3 Å². The number of hydrogen-bond donors (Lipinski definition) is 1. The maximum Gasteiger partial charge on any atom is 0.307 e. The van der Waals surface area contributed by atoms with Crippen LogP contribution in [0, 0.1) is 13.8 Å². The maximum atomic E-state index is 11.4. The van der Waals surface area contributed by atoms with Gasteiger partial charge in [-0.1, -0.05) is 65.8 Å². The number of aromatic nitrogens is 1. The molecule has 3 aromatic carbocycles. The van der Waals surface area contributed by atoms with E-state index in [-0.39, 0.29) is 19.3 Å². The first-order valence-electron chi connectivity index (χ1n) is 13.1. The van der Waals surface area contributed by atoms with E-state index in [4.69, 9.17) is 14.0 Å². The zero-order valence-corrected chi connectivity index (χ0v) is 22.4. The summed E-state index contributed by atoms with van der Waals surface area (Å²) in [5.74, 6) is 0.687. The smallest absolute Gasteiger partial charge is 0.307 e. The Morgan fingerprint density at radius 2 is 1.79 bits per heavy atom. The molecule has 1 unspecified atom stereocenters. The molecule has 1 N–H and O–H groups in total. The summed E-state index contributed by atoms with van der Waals surface area (Å²) in [5.41, 5.74) is 7.47. The standard InChI is InChI=1S/C32H32N2O5/c1-21-7-6-9-27(17-21)34(22(2)11-16-28-19-37-20-38-28)31-23(3)33-39-32(31)25-14-12-24(13-15-25)29-10-5-4-8-26(29)18-30(35)36/h4-10,12-15,17,19,22H,11,16,18,20H2,1-3H3,(H,35,36). The minimum atomic E-state index is -0.852. The van der Waals surface area contributed by atoms with E-state index in [0.29, 0.717) is 5.76 Å². The van der Waals surface area contributed by atoms with Crippen LogP contribution in [0.2, 0.25) is 0 Å². The van der Waals surface area contributed by atoms with Gasteiger partial charge in [0.25, 0.3) is 0 Å². The number of carboxylic acids is 1. The van der Waals surface area contributed by atoms with E-state index in [1.165, 1.54) is 5.56 Å². The lowest BCUT2D eigenvalue weighted by Crippen LogP contribution is -2.29. The third kappa shape index (κ3) is 5.82. The predicted molar refractivity (Wildman–Crippen MR) is 151 cm³/mol. The number of rotatable bonds is 10. The number of anilines is 2. The lowest BCUT2D eigenvalue weighted by Gasteiger charge is -2.31. The number of nitrogens with zero attached hydrogens (tertiary/aromatic N) is 2. The molecule has 1 atom stereocenters. The molecule has 7 heteroatoms. The molecule has 7 nitrogen and oxygen atoms in total. The normalized spacial score (nSPS) is 13.4. The molecule has 0 saturated carbocycles. The predicted octanol–water partition coefficient (Wildman–Crippen LogP) is 7.41. The first kappa shape index (κ1) is 26.1. The molecule has 0 aliphatic carbocycles. The second kappa shape index (κ2) is 11.5. The minimum Gasteiger partial charge on any atom is -0.481 e. The van der Waals surface area contributed by atoms with Gasteiger partial charge >= 0.3 is 5.97 Å². The molecule has 2 heterocycles. The van der Waals surface area contributed by atoms with Crippen LogP contribution in [0.25, 0.3) is 22.5 Å². The molecule has 4 aromatic rings. The van der Waals surface area contributed by atoms with Crippen molar-refractivity contribution in [2.45, 2.75) is 46.1 Å². The van der Waals surface area contributed by atoms with Gasteiger partial charge in [0.05, 0.1) is 6.42 Å². The highest BCUT2D eigenvalue weighted by Crippen LogP contribution is 2.41. The average Bonchev–Trinajstić information content (AvgIpc) is 3.58. The Balaban J connectivity index is 1.50. The quantitative estimate of drug-likeness (QED) is 0.231. The Morgan fingerprint density at radius 1 is 1.03 bits per heavy atom. The average molecular weight is 525 g/mol. The molecule has 0 radical (unpaired) electrons. The molecule has 0 spiro atoms. The van der Waals surface area contributed by atoms with Gasteiger partial charge in [-0.25, -0.2) is 0 Å². The summed E-state index contributed by atoms with van der Waals surface area (Å²) in [7, 11) is 0. The summed E-state index contributed by atoms with van der Waals surface area (Å²) in [5, 5.41) is 13.7. The number of ether oxygens (including phenoxy) is 2. The van der Waals surface area contributed by atoms with Crippen molar-refractivity contribution in [1.29, 1.82) is 0 Å². The molecule has 1 aromatic heterocycles. The van der Waals surface area contributed by atoms with Crippen LogP contribution in [0.4, 0.5) is 11.4 Å². The lowest BCUT2D eigenvalue weighted by atomic mass is 9.96. The third-order valence-corrected chi connectivity index (χ3v) is 6.95. The molecule has 0 fully saturated rings. The summed E-state index contributed by atoms with van der Waals surface area (Å²) in [4.78, 5) is 13.7. The van der Waals surface area contributed by atoms with E-state index in [9.17, 15) is 9.90 Å². The molecular formula is C32H32N2O5. The van der Waals surface area contributed by atoms with Crippen LogP contribution in [0.3, 0.4) is 0 Å². The molecule has 200 valence electrons. The van der Waals surface area contributed by atoms with E-state index in [2.05, 4.69) is 48.2 Å². The van der Waals surface area contributed by atoms with Crippen LogP contribution in [0.15, 0.2) is 89.3 Å². The first-order valence-corrected chi connectivity index (χ1v) is 13.1. The molecule has 5 rings (SSSR count). The number of aliphatic carboxylic acids is 1. The van der Waals surface area contributed by atoms with Crippen LogP contribution in [-0.2, 0) is 20.7 Å². The Morgan fingerprint density at radius 3 is 2.51 bits per heavy atom. The number of hydrogen-bond acceptors (Lipinski definition) is 6. The van der Waals surface area contributed by atoms with Gasteiger partial charge < -0.3 is 24.0 Å². The molecule has 0 amide bonds. The number of aryl methyl sites for hydroxylation is 2. The highest BCUT2D eigenvalue weighted by atomic mass is 16.7. The lowest BCUT2D eigenvalue weighted by molar-refractivity contribution is -0.136. The van der Waals surface area contributed by atoms with Crippen molar-refractivity contribution in [2.75, 3.05) is 11.7 Å². The van der Waals surface area contributed by atoms with Gasteiger partial charge in [0.15, 0.2) is 5.76 Å². The van der Waals surface area contributed by atoms with Crippen LogP contribution < -0.4 is 4.90 Å². The van der Waals surface area contributed by atoms with Gasteiger partial charge in [0.1, 0.15) is 23.4 Å². The fourth-order valence-corrected chi connectivity index (χ4v) is 5.02. The molecule has 39 heavy (non-hydrogen) atoms. The van der Waals surface area contributed by atoms with Crippen LogP contribution in [-0.4, -0.2) is 29.1 Å². The summed E-state index contributed by atoms with van der Waals surface area (Å²) < 4.78 is 16.7. The summed E-state index contributed by atoms with van der Waals surface area (Å²) >= 11 is 0. The first-order chi connectivity index (χ1) is 18.9. The van der Waals surface area contributed by atoms with Gasteiger partial charge in [0.2, 0.25) is 6.79 Å². The molecular weight excluding hydrogens is 492 g/mol. The third-order valence-electron chi connectivity index (χ3n) is 6.95. The van der Waals surface area contributed by atoms with Crippen molar-refractivity contribution in [3.63, 3.8) is 0 Å². The van der Waals surface area contributed by atoms with Gasteiger partial charge in [-0.2, -0.15) is 0 Å². The van der Waals surface area contributed by atoms with E-state index >= 15 is 0 Å². The van der Waals surface area contributed by atoms with E-state index < -0.39 is 5.97 Å². The highest BCUT2D eigenvalue weighted by Gasteiger charge is 2.27. The largest absolute Gasteiger partial charge is 0.481 e. The number of allylic oxidation sites excluding steroid dienone is 1. The minimum absolute atomic E-state index is 0.0270. The van der Waals surface area contributed by atoms with Crippen LogP contribution >= 0.6 is 0 Å². The Kier molecular flexibility index (Phi) is 7.68. The van der Waals surface area contributed by atoms with E-state index in [0.717, 1.165) is 57.9 Å². The number of carboxylic acid groups (broad SMARTS) is 1. The molecule has 0 bridgehead atoms. The zero-order valence-electron chi connectivity index (χ0n) is 22.4. The van der Waals surface area contributed by atoms with E-state index in [1.54, 1.807) is 6.26 Å². The topological polar surface area (TPSA) is 85.0 Å². The molecule has 0 saturated heterocycles. The molecule has 1 aliphatic rings. The SMILES string of the molecule is Cc1cccc(N(c2c(C)noc2-c2ccc(-c3ccccc3CC(=O)O)cc2)C(C)CCC2=COCO2)c1. The Labute approximate surface area is 228 Å². The van der Waals surface area contributed by atoms with Gasteiger partial charge in [-0.3, -0.25) is 4.79 Å². The van der Waals surface area contributed by atoms with Crippen molar-refractivity contribution < 1.29 is 23.9 Å². The highest BCUT2D eigenvalue weighted by molar-refractivity contribution is 5.82. The summed E-state index contributed by atoms with van der Waals surface area (Å²) in [6.45, 7) is 6.52. The second-order valence-electron chi connectivity index (χ2n) is 9.86.